The Morgan fingerprint density at radius 3 is 1.22 bits per heavy atom. The van der Waals surface area contributed by atoms with Gasteiger partial charge in [-0.2, -0.15) is 0 Å². The summed E-state index contributed by atoms with van der Waals surface area (Å²) in [5.41, 5.74) is 0.392. The van der Waals surface area contributed by atoms with Crippen LogP contribution >= 0.6 is 0 Å². The van der Waals surface area contributed by atoms with Gasteiger partial charge in [0.05, 0.1) is 6.04 Å². The summed E-state index contributed by atoms with van der Waals surface area (Å²) < 4.78 is 24.8. The van der Waals surface area contributed by atoms with Crippen LogP contribution in [0, 0.1) is 10.8 Å². The molecule has 1 aliphatic carbocycles. The molecule has 4 aliphatic rings. The molecule has 3 heterocycles. The van der Waals surface area contributed by atoms with Crippen LogP contribution in [0.2, 0.25) is 0 Å². The molecule has 5 aromatic carbocycles. The second kappa shape index (κ2) is 13.6. The van der Waals surface area contributed by atoms with Crippen molar-refractivity contribution in [2.75, 3.05) is 4.90 Å². The Hall–Kier alpha value is -6.48. The Morgan fingerprint density at radius 2 is 0.793 bits per heavy atom. The van der Waals surface area contributed by atoms with Gasteiger partial charge in [-0.15, -0.1) is 0 Å². The van der Waals surface area contributed by atoms with Gasteiger partial charge in [0, 0.05) is 56.8 Å². The molecule has 3 aliphatic heterocycles. The van der Waals surface area contributed by atoms with Crippen molar-refractivity contribution < 1.29 is 38.1 Å². The van der Waals surface area contributed by atoms with Crippen LogP contribution in [-0.4, -0.2) is 35.5 Å². The number of hydrogen-bond acceptors (Lipinski definition) is 9. The largest absolute Gasteiger partial charge is 0.422 e. The number of ether oxygens (including phenoxy) is 4. The van der Waals surface area contributed by atoms with Gasteiger partial charge in [-0.1, -0.05) is 140 Å². The summed E-state index contributed by atoms with van der Waals surface area (Å²) in [5, 5.41) is 0. The fourth-order valence-electron chi connectivity index (χ4n) is 10.0. The molecule has 9 rings (SSSR count). The zero-order chi connectivity index (χ0) is 40.5. The van der Waals surface area contributed by atoms with Gasteiger partial charge in [0.25, 0.3) is 11.6 Å². The van der Waals surface area contributed by atoms with E-state index in [9.17, 15) is 0 Å². The molecule has 0 amide bonds. The maximum Gasteiger partial charge on any atom is 0.330 e. The fourth-order valence-corrected chi connectivity index (χ4v) is 10.0. The van der Waals surface area contributed by atoms with Crippen LogP contribution in [0.1, 0.15) is 80.2 Å². The first-order valence-corrected chi connectivity index (χ1v) is 19.6. The molecule has 2 saturated heterocycles. The molecule has 5 aromatic rings. The minimum Gasteiger partial charge on any atom is -0.422 e. The molecule has 2 fully saturated rings. The van der Waals surface area contributed by atoms with Gasteiger partial charge in [-0.25, -0.2) is 0 Å². The number of allylic oxidation sites excluding steroid dienone is 2. The number of carbonyl (C=O) groups is 4. The van der Waals surface area contributed by atoms with Gasteiger partial charge in [0.1, 0.15) is 0 Å². The Morgan fingerprint density at radius 1 is 0.448 bits per heavy atom. The number of nitrogens with zero attached hydrogens (tertiary/aromatic N) is 1. The monoisotopic (exact) mass is 773 g/mol. The molecule has 0 aromatic heterocycles. The number of esters is 4. The molecule has 2 spiro atoms. The number of rotatable bonds is 5. The summed E-state index contributed by atoms with van der Waals surface area (Å²) in [6.45, 7) is 6.15. The van der Waals surface area contributed by atoms with Gasteiger partial charge >= 0.3 is 23.9 Å². The van der Waals surface area contributed by atoms with Crippen molar-refractivity contribution in [3.8, 4) is 0 Å². The van der Waals surface area contributed by atoms with Gasteiger partial charge in [-0.3, -0.25) is 19.2 Å². The highest BCUT2D eigenvalue weighted by Crippen LogP contribution is 2.70. The lowest BCUT2D eigenvalue weighted by atomic mass is 9.48. The van der Waals surface area contributed by atoms with Crippen molar-refractivity contribution in [2.24, 2.45) is 10.8 Å². The number of para-hydroxylation sites is 1. The van der Waals surface area contributed by atoms with Gasteiger partial charge in [0.2, 0.25) is 0 Å². The molecular weight excluding hydrogens is 731 g/mol. The number of anilines is 1. The van der Waals surface area contributed by atoms with E-state index in [0.717, 1.165) is 11.3 Å². The summed E-state index contributed by atoms with van der Waals surface area (Å²) in [7, 11) is 0. The maximum absolute atomic E-state index is 15.6. The van der Waals surface area contributed by atoms with Crippen LogP contribution in [0.3, 0.4) is 0 Å². The highest BCUT2D eigenvalue weighted by Gasteiger charge is 2.75. The fraction of sp³-hybridized carbons (Fsp3) is 0.265. The molecule has 9 heteroatoms. The summed E-state index contributed by atoms with van der Waals surface area (Å²) in [4.78, 5) is 63.9. The van der Waals surface area contributed by atoms with E-state index in [-0.39, 0.29) is 6.42 Å². The van der Waals surface area contributed by atoms with Gasteiger partial charge < -0.3 is 23.8 Å². The van der Waals surface area contributed by atoms with Gasteiger partial charge in [0.15, 0.2) is 10.8 Å². The van der Waals surface area contributed by atoms with E-state index in [4.69, 9.17) is 18.9 Å². The normalized spacial score (nSPS) is 25.3. The summed E-state index contributed by atoms with van der Waals surface area (Å²) >= 11 is 0. The number of benzene rings is 5. The van der Waals surface area contributed by atoms with E-state index in [1.807, 2.05) is 157 Å². The molecular formula is C49H43NO8. The van der Waals surface area contributed by atoms with Crippen molar-refractivity contribution >= 4 is 29.6 Å². The van der Waals surface area contributed by atoms with Crippen molar-refractivity contribution in [3.05, 3.63) is 185 Å². The Kier molecular flexibility index (Phi) is 8.69. The lowest BCUT2D eigenvalue weighted by Crippen LogP contribution is -2.67. The molecule has 0 saturated carbocycles. The lowest BCUT2D eigenvalue weighted by Gasteiger charge is -2.61. The quantitative estimate of drug-likeness (QED) is 0.128. The predicted molar refractivity (Wildman–Crippen MR) is 215 cm³/mol. The molecule has 4 atom stereocenters. The molecule has 0 radical (unpaired) electrons. The minimum atomic E-state index is -2.12. The first-order chi connectivity index (χ1) is 27.9. The molecule has 0 unspecified atom stereocenters. The third-order valence-corrected chi connectivity index (χ3v) is 12.1. The lowest BCUT2D eigenvalue weighted by molar-refractivity contribution is -0.256. The Labute approximate surface area is 337 Å². The van der Waals surface area contributed by atoms with E-state index < -0.39 is 70.1 Å². The summed E-state index contributed by atoms with van der Waals surface area (Å²) in [5.74, 6) is -9.30. The van der Waals surface area contributed by atoms with Crippen molar-refractivity contribution in [2.45, 2.75) is 69.5 Å². The zero-order valence-electron chi connectivity index (χ0n) is 32.7. The van der Waals surface area contributed by atoms with E-state index in [1.165, 1.54) is 27.7 Å². The predicted octanol–water partition coefficient (Wildman–Crippen LogP) is 8.90. The third-order valence-electron chi connectivity index (χ3n) is 12.1. The summed E-state index contributed by atoms with van der Waals surface area (Å²) in [6.07, 6.45) is 0.126. The summed E-state index contributed by atoms with van der Waals surface area (Å²) in [6, 6.07) is 46.1. The Balaban J connectivity index is 1.50. The van der Waals surface area contributed by atoms with Crippen molar-refractivity contribution in [1.82, 2.24) is 0 Å². The second-order valence-electron chi connectivity index (χ2n) is 16.4. The maximum atomic E-state index is 15.6. The smallest absolute Gasteiger partial charge is 0.330 e. The highest BCUT2D eigenvalue weighted by molar-refractivity contribution is 6.08. The van der Waals surface area contributed by atoms with E-state index in [0.29, 0.717) is 28.0 Å². The third kappa shape index (κ3) is 5.51. The van der Waals surface area contributed by atoms with Crippen LogP contribution in [0.5, 0.6) is 0 Å². The number of cyclic esters (lactones) is 4. The molecule has 0 N–H and O–H groups in total. The van der Waals surface area contributed by atoms with Crippen molar-refractivity contribution in [3.63, 3.8) is 0 Å². The minimum absolute atomic E-state index is 0.126. The number of carbonyl (C=O) groups excluding carboxylic acids is 4. The SMILES string of the molecule is CC1(C)OC(=O)C2(C(=O)O1)[C@@H](c1ccccc1)C1=C(C[C@@H](c3ccccc3)C3(C(=O)OC(C)(C)OC3=O)[C@H]1c1ccccc1)N(c1ccccc1)[C@H]2c1ccccc1. The van der Waals surface area contributed by atoms with E-state index in [2.05, 4.69) is 0 Å². The van der Waals surface area contributed by atoms with Crippen LogP contribution in [-0.2, 0) is 38.1 Å². The Bertz CT molecular complexity index is 2350. The average Bonchev–Trinajstić information content (AvgIpc) is 3.21. The molecule has 9 nitrogen and oxygen atoms in total. The highest BCUT2D eigenvalue weighted by atomic mass is 16.8. The van der Waals surface area contributed by atoms with E-state index >= 15 is 19.2 Å². The van der Waals surface area contributed by atoms with Crippen LogP contribution in [0.4, 0.5) is 5.69 Å². The number of hydrogen-bond donors (Lipinski definition) is 0. The van der Waals surface area contributed by atoms with Crippen LogP contribution in [0.25, 0.3) is 0 Å². The van der Waals surface area contributed by atoms with Gasteiger partial charge in [-0.05, 0) is 46.4 Å². The van der Waals surface area contributed by atoms with Crippen LogP contribution in [0.15, 0.2) is 163 Å². The first kappa shape index (κ1) is 37.1. The zero-order valence-corrected chi connectivity index (χ0v) is 32.7. The molecule has 0 bridgehead atoms. The second-order valence-corrected chi connectivity index (χ2v) is 16.4. The first-order valence-electron chi connectivity index (χ1n) is 19.6. The van der Waals surface area contributed by atoms with Crippen LogP contribution < -0.4 is 4.90 Å². The average molecular weight is 774 g/mol. The van der Waals surface area contributed by atoms with Crippen molar-refractivity contribution in [1.29, 1.82) is 0 Å². The molecule has 58 heavy (non-hydrogen) atoms. The standard InChI is InChI=1S/C49H43NO8/c1-46(2)55-42(51)48(43(52)56-46)36(31-20-10-5-11-21-31)30-37-38(39(48)32-22-12-6-13-23-32)40(33-24-14-7-15-25-33)49(44(53)57-47(3,4)58-45(49)54)41(34-26-16-8-17-27-34)50(37)35-28-18-9-19-29-35/h5-29,36,39-41H,30H2,1-4H3/t36-,39-,40-,41-/m0/s1. The molecule has 292 valence electrons. The van der Waals surface area contributed by atoms with E-state index in [1.54, 1.807) is 0 Å². The topological polar surface area (TPSA) is 108 Å².